The lowest BCUT2D eigenvalue weighted by molar-refractivity contribution is 0.404. The Hall–Kier alpha value is -1.78. The zero-order chi connectivity index (χ0) is 10.9. The van der Waals surface area contributed by atoms with Gasteiger partial charge in [-0.2, -0.15) is 0 Å². The highest BCUT2D eigenvalue weighted by Gasteiger charge is 2.12. The predicted molar refractivity (Wildman–Crippen MR) is 52.5 cm³/mol. The van der Waals surface area contributed by atoms with Crippen LogP contribution in [-0.4, -0.2) is 14.2 Å². The molecule has 1 aromatic rings. The molecule has 0 unspecified atom stereocenters. The van der Waals surface area contributed by atoms with E-state index in [9.17, 15) is 14.7 Å². The zero-order valence-electron chi connectivity index (χ0n) is 8.15. The van der Waals surface area contributed by atoms with Crippen LogP contribution in [0.5, 0.6) is 5.88 Å². The van der Waals surface area contributed by atoms with Crippen molar-refractivity contribution in [2.45, 2.75) is 6.42 Å². The van der Waals surface area contributed by atoms with Crippen LogP contribution < -0.4 is 11.2 Å². The molecule has 0 aliphatic heterocycles. The lowest BCUT2D eigenvalue weighted by Crippen LogP contribution is -2.38. The van der Waals surface area contributed by atoms with Crippen LogP contribution in [0.4, 0.5) is 0 Å². The molecule has 0 bridgehead atoms. The normalized spacial score (nSPS) is 10.1. The van der Waals surface area contributed by atoms with Crippen LogP contribution in [0.15, 0.2) is 22.2 Å². The van der Waals surface area contributed by atoms with E-state index >= 15 is 0 Å². The second-order valence-corrected chi connectivity index (χ2v) is 3.00. The van der Waals surface area contributed by atoms with Crippen molar-refractivity contribution in [1.29, 1.82) is 0 Å². The molecule has 0 fully saturated rings. The Morgan fingerprint density at radius 1 is 1.36 bits per heavy atom. The largest absolute Gasteiger partial charge is 0.494 e. The molecule has 0 atom stereocenters. The lowest BCUT2D eigenvalue weighted by atomic mass is 10.2. The first-order valence-electron chi connectivity index (χ1n) is 4.09. The average Bonchev–Trinajstić information content (AvgIpc) is 2.19. The SMILES string of the molecule is C=CCc1c(O)n(C)c(=O)n(C)c1=O. The molecule has 76 valence electrons. The number of rotatable bonds is 2. The van der Waals surface area contributed by atoms with Gasteiger partial charge in [0.1, 0.15) is 0 Å². The summed E-state index contributed by atoms with van der Waals surface area (Å²) in [5.74, 6) is -0.294. The van der Waals surface area contributed by atoms with Gasteiger partial charge >= 0.3 is 5.69 Å². The van der Waals surface area contributed by atoms with Gasteiger partial charge in [-0.1, -0.05) is 6.08 Å². The highest BCUT2D eigenvalue weighted by atomic mass is 16.3. The summed E-state index contributed by atoms with van der Waals surface area (Å²) in [4.78, 5) is 22.8. The summed E-state index contributed by atoms with van der Waals surface area (Å²) in [5, 5.41) is 9.52. The molecule has 0 radical (unpaired) electrons. The summed E-state index contributed by atoms with van der Waals surface area (Å²) in [6.07, 6.45) is 1.74. The Morgan fingerprint density at radius 2 is 1.93 bits per heavy atom. The van der Waals surface area contributed by atoms with Crippen LogP contribution in [0.2, 0.25) is 0 Å². The van der Waals surface area contributed by atoms with Crippen molar-refractivity contribution in [3.63, 3.8) is 0 Å². The number of nitrogens with zero attached hydrogens (tertiary/aromatic N) is 2. The molecule has 1 heterocycles. The van der Waals surface area contributed by atoms with Gasteiger partial charge in [0.05, 0.1) is 5.56 Å². The molecule has 0 aromatic carbocycles. The van der Waals surface area contributed by atoms with Gasteiger partial charge in [0.25, 0.3) is 5.56 Å². The first-order valence-corrected chi connectivity index (χ1v) is 4.09. The van der Waals surface area contributed by atoms with Crippen molar-refractivity contribution in [1.82, 2.24) is 9.13 Å². The number of allylic oxidation sites excluding steroid dienone is 1. The summed E-state index contributed by atoms with van der Waals surface area (Å²) in [6.45, 7) is 3.47. The topological polar surface area (TPSA) is 64.2 Å². The fourth-order valence-corrected chi connectivity index (χ4v) is 1.23. The monoisotopic (exact) mass is 196 g/mol. The molecule has 0 aliphatic carbocycles. The van der Waals surface area contributed by atoms with E-state index in [-0.39, 0.29) is 17.9 Å². The molecule has 1 N–H and O–H groups in total. The van der Waals surface area contributed by atoms with Crippen molar-refractivity contribution in [2.24, 2.45) is 14.1 Å². The summed E-state index contributed by atoms with van der Waals surface area (Å²) in [6, 6.07) is 0. The number of aromatic nitrogens is 2. The third-order valence-corrected chi connectivity index (χ3v) is 2.07. The maximum atomic E-state index is 11.5. The van der Waals surface area contributed by atoms with Crippen molar-refractivity contribution in [3.8, 4) is 5.88 Å². The maximum Gasteiger partial charge on any atom is 0.333 e. The number of aromatic hydroxyl groups is 1. The minimum Gasteiger partial charge on any atom is -0.494 e. The number of hydrogen-bond acceptors (Lipinski definition) is 3. The summed E-state index contributed by atoms with van der Waals surface area (Å²) in [7, 11) is 2.78. The van der Waals surface area contributed by atoms with E-state index in [1.54, 1.807) is 0 Å². The molecule has 0 amide bonds. The first kappa shape index (κ1) is 10.3. The van der Waals surface area contributed by atoms with E-state index < -0.39 is 11.2 Å². The number of hydrogen-bond donors (Lipinski definition) is 1. The molecule has 14 heavy (non-hydrogen) atoms. The van der Waals surface area contributed by atoms with Gasteiger partial charge < -0.3 is 5.11 Å². The summed E-state index contributed by atoms with van der Waals surface area (Å²) < 4.78 is 1.98. The van der Waals surface area contributed by atoms with E-state index in [1.807, 2.05) is 0 Å². The van der Waals surface area contributed by atoms with Gasteiger partial charge in [-0.25, -0.2) is 4.79 Å². The van der Waals surface area contributed by atoms with E-state index in [0.29, 0.717) is 0 Å². The van der Waals surface area contributed by atoms with E-state index in [4.69, 9.17) is 0 Å². The van der Waals surface area contributed by atoms with Gasteiger partial charge in [0, 0.05) is 20.5 Å². The van der Waals surface area contributed by atoms with Crippen molar-refractivity contribution >= 4 is 0 Å². The predicted octanol–water partition coefficient (Wildman–Crippen LogP) is -0.482. The molecular formula is C9H12N2O3. The second kappa shape index (κ2) is 3.53. The fraction of sp³-hybridized carbons (Fsp3) is 0.333. The Labute approximate surface area is 80.5 Å². The Bertz CT molecular complexity index is 482. The van der Waals surface area contributed by atoms with Crippen LogP contribution in [0.3, 0.4) is 0 Å². The Morgan fingerprint density at radius 3 is 2.43 bits per heavy atom. The smallest absolute Gasteiger partial charge is 0.333 e. The molecule has 1 aromatic heterocycles. The van der Waals surface area contributed by atoms with Crippen molar-refractivity contribution in [3.05, 3.63) is 39.1 Å². The maximum absolute atomic E-state index is 11.5. The van der Waals surface area contributed by atoms with Crippen LogP contribution >= 0.6 is 0 Å². The molecule has 0 saturated carbocycles. The van der Waals surface area contributed by atoms with Gasteiger partial charge in [0.15, 0.2) is 0 Å². The van der Waals surface area contributed by atoms with E-state index in [1.165, 1.54) is 20.2 Å². The second-order valence-electron chi connectivity index (χ2n) is 3.00. The summed E-state index contributed by atoms with van der Waals surface area (Å²) in [5.41, 5.74) is -0.838. The van der Waals surface area contributed by atoms with Crippen LogP contribution in [-0.2, 0) is 20.5 Å². The Kier molecular flexibility index (Phi) is 2.60. The molecule has 5 nitrogen and oxygen atoms in total. The van der Waals surface area contributed by atoms with Crippen LogP contribution in [0, 0.1) is 0 Å². The zero-order valence-corrected chi connectivity index (χ0v) is 8.15. The molecular weight excluding hydrogens is 184 g/mol. The van der Waals surface area contributed by atoms with Gasteiger partial charge in [0.2, 0.25) is 5.88 Å². The standard InChI is InChI=1S/C9H12N2O3/c1-4-5-6-7(12)10(2)9(14)11(3)8(6)13/h4,12H,1,5H2,2-3H3. The quantitative estimate of drug-likeness (QED) is 0.650. The summed E-state index contributed by atoms with van der Waals surface area (Å²) >= 11 is 0. The minimum atomic E-state index is -0.541. The molecule has 1 rings (SSSR count). The molecule has 0 saturated heterocycles. The van der Waals surface area contributed by atoms with E-state index in [2.05, 4.69) is 6.58 Å². The third-order valence-electron chi connectivity index (χ3n) is 2.07. The highest BCUT2D eigenvalue weighted by Crippen LogP contribution is 2.08. The fourth-order valence-electron chi connectivity index (χ4n) is 1.23. The lowest BCUT2D eigenvalue weighted by Gasteiger charge is -2.08. The average molecular weight is 196 g/mol. The highest BCUT2D eigenvalue weighted by molar-refractivity contribution is 5.24. The minimum absolute atomic E-state index is 0.185. The van der Waals surface area contributed by atoms with Gasteiger partial charge in [-0.3, -0.25) is 13.9 Å². The first-order chi connectivity index (χ1) is 6.50. The van der Waals surface area contributed by atoms with E-state index in [0.717, 1.165) is 9.13 Å². The molecule has 0 aliphatic rings. The Balaban J connectivity index is 3.68. The third kappa shape index (κ3) is 1.37. The van der Waals surface area contributed by atoms with Crippen LogP contribution in [0.1, 0.15) is 5.56 Å². The molecule has 5 heteroatoms. The van der Waals surface area contributed by atoms with Crippen molar-refractivity contribution < 1.29 is 5.11 Å². The van der Waals surface area contributed by atoms with Gasteiger partial charge in [-0.15, -0.1) is 6.58 Å². The van der Waals surface area contributed by atoms with Gasteiger partial charge in [-0.05, 0) is 0 Å². The van der Waals surface area contributed by atoms with Crippen molar-refractivity contribution in [2.75, 3.05) is 0 Å². The van der Waals surface area contributed by atoms with Crippen LogP contribution in [0.25, 0.3) is 0 Å². The molecule has 0 spiro atoms.